The molecule has 2 aromatic rings. The number of ether oxygens (including phenoxy) is 1. The van der Waals surface area contributed by atoms with E-state index in [2.05, 4.69) is 4.98 Å². The molecule has 3 heterocycles. The lowest BCUT2D eigenvalue weighted by atomic mass is 9.97. The fourth-order valence-electron chi connectivity index (χ4n) is 3.78. The van der Waals surface area contributed by atoms with Crippen LogP contribution in [0.3, 0.4) is 0 Å². The number of imide groups is 1. The molecule has 1 saturated heterocycles. The van der Waals surface area contributed by atoms with Crippen molar-refractivity contribution >= 4 is 17.4 Å². The average molecular weight is 377 g/mol. The largest absolute Gasteiger partial charge is 0.378 e. The van der Waals surface area contributed by atoms with Gasteiger partial charge in [-0.3, -0.25) is 19.5 Å². The van der Waals surface area contributed by atoms with E-state index < -0.39 is 0 Å². The third-order valence-corrected chi connectivity index (χ3v) is 5.17. The number of hydrogen-bond donors (Lipinski definition) is 0. The van der Waals surface area contributed by atoms with Crippen molar-refractivity contribution in [1.82, 2.24) is 14.8 Å². The third kappa shape index (κ3) is 3.31. The number of nitrogens with zero attached hydrogens (tertiary/aromatic N) is 3. The van der Waals surface area contributed by atoms with Gasteiger partial charge in [-0.05, 0) is 37.1 Å². The quantitative estimate of drug-likeness (QED) is 0.765. The molecule has 0 radical (unpaired) electrons. The highest BCUT2D eigenvalue weighted by molar-refractivity contribution is 6.35. The van der Waals surface area contributed by atoms with E-state index >= 15 is 0 Å². The number of rotatable bonds is 4. The highest BCUT2D eigenvalue weighted by Gasteiger charge is 2.42. The molecule has 0 aliphatic carbocycles. The number of amides is 2. The number of aromatic nitrogens is 1. The van der Waals surface area contributed by atoms with E-state index in [4.69, 9.17) is 4.74 Å². The van der Waals surface area contributed by atoms with Crippen molar-refractivity contribution in [2.75, 3.05) is 26.3 Å². The van der Waals surface area contributed by atoms with Gasteiger partial charge in [-0.2, -0.15) is 0 Å². The van der Waals surface area contributed by atoms with Crippen LogP contribution in [0.1, 0.15) is 22.4 Å². The lowest BCUT2D eigenvalue weighted by Crippen LogP contribution is -2.40. The summed E-state index contributed by atoms with van der Waals surface area (Å²) < 4.78 is 5.44. The molecule has 6 heteroatoms. The van der Waals surface area contributed by atoms with Gasteiger partial charge in [0.1, 0.15) is 5.70 Å². The van der Waals surface area contributed by atoms with E-state index in [1.807, 2.05) is 55.1 Å². The Bertz CT molecular complexity index is 947. The second-order valence-electron chi connectivity index (χ2n) is 7.16. The molecular weight excluding hydrogens is 354 g/mol. The van der Waals surface area contributed by atoms with Crippen LogP contribution in [0.25, 0.3) is 5.57 Å². The van der Waals surface area contributed by atoms with E-state index in [-0.39, 0.29) is 18.4 Å². The molecule has 4 rings (SSSR count). The summed E-state index contributed by atoms with van der Waals surface area (Å²) in [5, 5.41) is 0. The summed E-state index contributed by atoms with van der Waals surface area (Å²) in [5.74, 6) is -0.517. The standard InChI is InChI=1S/C22H23N3O3/c1-15-6-7-18(16(2)13-15)19-20(24-9-11-28-12-10-24)22(27)25(21(19)26)14-17-5-3-4-8-23-17/h3-8,13H,9-12,14H2,1-2H3. The summed E-state index contributed by atoms with van der Waals surface area (Å²) in [7, 11) is 0. The van der Waals surface area contributed by atoms with Crippen molar-refractivity contribution in [2.24, 2.45) is 0 Å². The molecular formula is C22H23N3O3. The van der Waals surface area contributed by atoms with Crippen LogP contribution in [-0.2, 0) is 20.9 Å². The highest BCUT2D eigenvalue weighted by Crippen LogP contribution is 2.34. The number of benzene rings is 1. The molecule has 28 heavy (non-hydrogen) atoms. The van der Waals surface area contributed by atoms with Gasteiger partial charge < -0.3 is 9.64 Å². The molecule has 2 aliphatic heterocycles. The zero-order valence-corrected chi connectivity index (χ0v) is 16.1. The van der Waals surface area contributed by atoms with E-state index in [0.29, 0.717) is 43.3 Å². The molecule has 0 unspecified atom stereocenters. The Morgan fingerprint density at radius 1 is 1.04 bits per heavy atom. The first-order chi connectivity index (χ1) is 13.6. The second kappa shape index (κ2) is 7.56. The monoisotopic (exact) mass is 377 g/mol. The predicted octanol–water partition coefficient (Wildman–Crippen LogP) is 2.31. The minimum absolute atomic E-state index is 0.167. The van der Waals surface area contributed by atoms with Crippen LogP contribution < -0.4 is 0 Å². The van der Waals surface area contributed by atoms with Crippen LogP contribution in [0, 0.1) is 13.8 Å². The molecule has 2 amide bonds. The van der Waals surface area contributed by atoms with E-state index in [1.165, 1.54) is 4.90 Å². The summed E-state index contributed by atoms with van der Waals surface area (Å²) >= 11 is 0. The van der Waals surface area contributed by atoms with Gasteiger partial charge >= 0.3 is 0 Å². The second-order valence-corrected chi connectivity index (χ2v) is 7.16. The average Bonchev–Trinajstić information content (AvgIpc) is 2.94. The van der Waals surface area contributed by atoms with Crippen molar-refractivity contribution in [3.63, 3.8) is 0 Å². The molecule has 0 saturated carbocycles. The molecule has 1 aromatic carbocycles. The molecule has 0 atom stereocenters. The minimum atomic E-state index is -0.260. The third-order valence-electron chi connectivity index (χ3n) is 5.17. The fraction of sp³-hybridized carbons (Fsp3) is 0.318. The number of carbonyl (C=O) groups excluding carboxylic acids is 2. The lowest BCUT2D eigenvalue weighted by Gasteiger charge is -2.29. The zero-order chi connectivity index (χ0) is 19.7. The Balaban J connectivity index is 1.78. The van der Waals surface area contributed by atoms with Crippen molar-refractivity contribution in [3.05, 3.63) is 70.7 Å². The predicted molar refractivity (Wildman–Crippen MR) is 105 cm³/mol. The SMILES string of the molecule is Cc1ccc(C2=C(N3CCOCC3)C(=O)N(Cc3ccccn3)C2=O)c(C)c1. The summed E-state index contributed by atoms with van der Waals surface area (Å²) in [6.07, 6.45) is 1.67. The first-order valence-electron chi connectivity index (χ1n) is 9.47. The Kier molecular flexibility index (Phi) is 4.96. The molecule has 0 bridgehead atoms. The van der Waals surface area contributed by atoms with Crippen molar-refractivity contribution in [1.29, 1.82) is 0 Å². The Morgan fingerprint density at radius 2 is 1.82 bits per heavy atom. The van der Waals surface area contributed by atoms with Crippen LogP contribution in [0.15, 0.2) is 48.3 Å². The van der Waals surface area contributed by atoms with Gasteiger partial charge in [0.25, 0.3) is 11.8 Å². The Labute approximate surface area is 164 Å². The van der Waals surface area contributed by atoms with Gasteiger partial charge in [0, 0.05) is 19.3 Å². The van der Waals surface area contributed by atoms with Crippen molar-refractivity contribution in [2.45, 2.75) is 20.4 Å². The first kappa shape index (κ1) is 18.4. The molecule has 1 fully saturated rings. The van der Waals surface area contributed by atoms with Crippen LogP contribution in [0.4, 0.5) is 0 Å². The molecule has 6 nitrogen and oxygen atoms in total. The smallest absolute Gasteiger partial charge is 0.278 e. The summed E-state index contributed by atoms with van der Waals surface area (Å²) in [5.41, 5.74) is 4.58. The number of hydrogen-bond acceptors (Lipinski definition) is 5. The normalized spacial score (nSPS) is 17.6. The minimum Gasteiger partial charge on any atom is -0.378 e. The fourth-order valence-corrected chi connectivity index (χ4v) is 3.78. The van der Waals surface area contributed by atoms with Gasteiger partial charge in [-0.15, -0.1) is 0 Å². The van der Waals surface area contributed by atoms with Gasteiger partial charge in [0.2, 0.25) is 0 Å². The van der Waals surface area contributed by atoms with E-state index in [0.717, 1.165) is 16.7 Å². The maximum atomic E-state index is 13.4. The number of carbonyl (C=O) groups is 2. The number of aryl methyl sites for hydroxylation is 2. The maximum absolute atomic E-state index is 13.4. The molecule has 2 aliphatic rings. The molecule has 0 N–H and O–H groups in total. The van der Waals surface area contributed by atoms with Gasteiger partial charge in [-0.25, -0.2) is 0 Å². The molecule has 0 spiro atoms. The number of morpholine rings is 1. The molecule has 144 valence electrons. The highest BCUT2D eigenvalue weighted by atomic mass is 16.5. The summed E-state index contributed by atoms with van der Waals surface area (Å²) in [6.45, 7) is 6.45. The lowest BCUT2D eigenvalue weighted by molar-refractivity contribution is -0.138. The van der Waals surface area contributed by atoms with Crippen LogP contribution in [0.2, 0.25) is 0 Å². The van der Waals surface area contributed by atoms with Crippen molar-refractivity contribution < 1.29 is 14.3 Å². The van der Waals surface area contributed by atoms with Crippen LogP contribution in [-0.4, -0.2) is 52.9 Å². The van der Waals surface area contributed by atoms with E-state index in [9.17, 15) is 9.59 Å². The van der Waals surface area contributed by atoms with E-state index in [1.54, 1.807) is 6.20 Å². The number of pyridine rings is 1. The van der Waals surface area contributed by atoms with Crippen LogP contribution in [0.5, 0.6) is 0 Å². The zero-order valence-electron chi connectivity index (χ0n) is 16.1. The van der Waals surface area contributed by atoms with Gasteiger partial charge in [0.15, 0.2) is 0 Å². The van der Waals surface area contributed by atoms with Crippen molar-refractivity contribution in [3.8, 4) is 0 Å². The Hall–Kier alpha value is -2.99. The van der Waals surface area contributed by atoms with Gasteiger partial charge in [0.05, 0.1) is 31.0 Å². The van der Waals surface area contributed by atoms with Crippen LogP contribution >= 0.6 is 0 Å². The first-order valence-corrected chi connectivity index (χ1v) is 9.47. The molecule has 1 aromatic heterocycles. The topological polar surface area (TPSA) is 62.7 Å². The summed E-state index contributed by atoms with van der Waals surface area (Å²) in [4.78, 5) is 34.3. The Morgan fingerprint density at radius 3 is 2.50 bits per heavy atom. The summed E-state index contributed by atoms with van der Waals surface area (Å²) in [6, 6.07) is 11.5. The maximum Gasteiger partial charge on any atom is 0.278 e. The van der Waals surface area contributed by atoms with Gasteiger partial charge in [-0.1, -0.05) is 29.8 Å².